The maximum absolute atomic E-state index is 11.0. The lowest BCUT2D eigenvalue weighted by atomic mass is 10.1. The highest BCUT2D eigenvalue weighted by molar-refractivity contribution is 5.96. The van der Waals surface area contributed by atoms with Gasteiger partial charge in [-0.05, 0) is 23.8 Å². The van der Waals surface area contributed by atoms with Crippen LogP contribution >= 0.6 is 0 Å². The summed E-state index contributed by atoms with van der Waals surface area (Å²) in [5.41, 5.74) is 1.27. The summed E-state index contributed by atoms with van der Waals surface area (Å²) in [4.78, 5) is 26.1. The van der Waals surface area contributed by atoms with E-state index in [1.165, 1.54) is 13.0 Å². The summed E-state index contributed by atoms with van der Waals surface area (Å²) in [6.45, 7) is 1.26. The molecule has 0 spiro atoms. The number of nitrogens with zero attached hydrogens (tertiary/aromatic N) is 1. The van der Waals surface area contributed by atoms with E-state index in [0.717, 1.165) is 10.9 Å². The van der Waals surface area contributed by atoms with Crippen molar-refractivity contribution < 1.29 is 14.7 Å². The minimum atomic E-state index is -1.18. The van der Waals surface area contributed by atoms with Gasteiger partial charge in [0.15, 0.2) is 0 Å². The Morgan fingerprint density at radius 1 is 1.32 bits per heavy atom. The van der Waals surface area contributed by atoms with Gasteiger partial charge in [0.05, 0.1) is 5.52 Å². The zero-order chi connectivity index (χ0) is 13.8. The minimum Gasteiger partial charge on any atom is -0.477 e. The number of carbonyl (C=O) groups is 2. The van der Waals surface area contributed by atoms with Crippen LogP contribution in [0.15, 0.2) is 42.2 Å². The molecule has 5 nitrogen and oxygen atoms in total. The molecule has 5 heteroatoms. The Morgan fingerprint density at radius 3 is 2.79 bits per heavy atom. The number of carboxylic acids is 1. The molecule has 96 valence electrons. The molecule has 0 saturated carbocycles. The van der Waals surface area contributed by atoms with Crippen molar-refractivity contribution >= 4 is 28.9 Å². The number of pyridine rings is 1. The van der Waals surface area contributed by atoms with Gasteiger partial charge in [0, 0.05) is 18.5 Å². The van der Waals surface area contributed by atoms with E-state index in [1.807, 2.05) is 18.2 Å². The fourth-order valence-electron chi connectivity index (χ4n) is 1.68. The summed E-state index contributed by atoms with van der Waals surface area (Å²) in [5, 5.41) is 12.2. The van der Waals surface area contributed by atoms with Crippen molar-refractivity contribution in [2.45, 2.75) is 6.92 Å². The molecule has 0 fully saturated rings. The second kappa shape index (κ2) is 5.30. The van der Waals surface area contributed by atoms with Crippen LogP contribution < -0.4 is 5.32 Å². The van der Waals surface area contributed by atoms with Crippen molar-refractivity contribution in [3.05, 3.63) is 47.8 Å². The molecule has 2 rings (SSSR count). The molecule has 0 bridgehead atoms. The third kappa shape index (κ3) is 3.16. The van der Waals surface area contributed by atoms with Gasteiger partial charge in [-0.15, -0.1) is 0 Å². The Morgan fingerprint density at radius 2 is 2.11 bits per heavy atom. The van der Waals surface area contributed by atoms with Crippen molar-refractivity contribution in [2.24, 2.45) is 0 Å². The molecule has 0 saturated heterocycles. The second-order valence-electron chi connectivity index (χ2n) is 4.00. The number of aromatic nitrogens is 1. The molecular weight excluding hydrogens is 244 g/mol. The second-order valence-corrected chi connectivity index (χ2v) is 4.00. The molecule has 1 aromatic heterocycles. The Bertz CT molecular complexity index is 677. The van der Waals surface area contributed by atoms with E-state index >= 15 is 0 Å². The van der Waals surface area contributed by atoms with Gasteiger partial charge in [0.2, 0.25) is 5.91 Å². The van der Waals surface area contributed by atoms with Crippen molar-refractivity contribution in [2.75, 3.05) is 0 Å². The quantitative estimate of drug-likeness (QED) is 0.821. The number of benzene rings is 1. The fourth-order valence-corrected chi connectivity index (χ4v) is 1.68. The van der Waals surface area contributed by atoms with Crippen LogP contribution in [0.5, 0.6) is 0 Å². The standard InChI is InChI=1S/C14H12N2O3/c1-9(17)16-13(14(18)19)8-10-4-5-11-3-2-6-15-12(11)7-10/h2-8H,1H3,(H,16,17)(H,18,19)/b13-8+. The Kier molecular flexibility index (Phi) is 3.56. The first-order chi connectivity index (χ1) is 9.06. The Labute approximate surface area is 109 Å². The van der Waals surface area contributed by atoms with Crippen molar-refractivity contribution in [3.63, 3.8) is 0 Å². The molecule has 0 radical (unpaired) electrons. The number of aliphatic carboxylic acids is 1. The number of rotatable bonds is 3. The molecule has 0 atom stereocenters. The third-order valence-corrected chi connectivity index (χ3v) is 2.48. The zero-order valence-electron chi connectivity index (χ0n) is 10.3. The zero-order valence-corrected chi connectivity index (χ0v) is 10.3. The summed E-state index contributed by atoms with van der Waals surface area (Å²) < 4.78 is 0. The lowest BCUT2D eigenvalue weighted by Crippen LogP contribution is -2.24. The topological polar surface area (TPSA) is 79.3 Å². The van der Waals surface area contributed by atoms with E-state index < -0.39 is 11.9 Å². The largest absolute Gasteiger partial charge is 0.477 e. The molecule has 0 unspecified atom stereocenters. The average Bonchev–Trinajstić information content (AvgIpc) is 2.37. The first-order valence-corrected chi connectivity index (χ1v) is 5.63. The third-order valence-electron chi connectivity index (χ3n) is 2.48. The van der Waals surface area contributed by atoms with Crippen molar-refractivity contribution in [3.8, 4) is 0 Å². The number of amides is 1. The van der Waals surface area contributed by atoms with Crippen LogP contribution in [0.2, 0.25) is 0 Å². The van der Waals surface area contributed by atoms with Crippen LogP contribution in [-0.4, -0.2) is 22.0 Å². The molecule has 1 aromatic carbocycles. The molecule has 2 N–H and O–H groups in total. The number of carbonyl (C=O) groups excluding carboxylic acids is 1. The fraction of sp³-hybridized carbons (Fsp3) is 0.0714. The summed E-state index contributed by atoms with van der Waals surface area (Å²) in [6.07, 6.45) is 3.07. The van der Waals surface area contributed by atoms with Gasteiger partial charge >= 0.3 is 5.97 Å². The van der Waals surface area contributed by atoms with E-state index in [9.17, 15) is 9.59 Å². The van der Waals surface area contributed by atoms with Gasteiger partial charge in [-0.25, -0.2) is 4.79 Å². The normalized spacial score (nSPS) is 11.3. The highest BCUT2D eigenvalue weighted by Crippen LogP contribution is 2.15. The molecule has 1 amide bonds. The van der Waals surface area contributed by atoms with Crippen LogP contribution in [0.3, 0.4) is 0 Å². The van der Waals surface area contributed by atoms with Gasteiger partial charge in [0.25, 0.3) is 0 Å². The van der Waals surface area contributed by atoms with Crippen LogP contribution in [-0.2, 0) is 9.59 Å². The minimum absolute atomic E-state index is 0.164. The molecule has 1 heterocycles. The highest BCUT2D eigenvalue weighted by Gasteiger charge is 2.08. The molecule has 0 aliphatic rings. The first-order valence-electron chi connectivity index (χ1n) is 5.63. The van der Waals surface area contributed by atoms with Gasteiger partial charge in [-0.2, -0.15) is 0 Å². The smallest absolute Gasteiger partial charge is 0.352 e. The summed E-state index contributed by atoms with van der Waals surface area (Å²) in [6, 6.07) is 9.13. The summed E-state index contributed by atoms with van der Waals surface area (Å²) in [7, 11) is 0. The van der Waals surface area contributed by atoms with E-state index in [1.54, 1.807) is 18.3 Å². The van der Waals surface area contributed by atoms with Gasteiger partial charge in [-0.3, -0.25) is 9.78 Å². The monoisotopic (exact) mass is 256 g/mol. The molecular formula is C14H12N2O3. The SMILES string of the molecule is CC(=O)N/C(=C/c1ccc2cccnc2c1)C(=O)O. The van der Waals surface area contributed by atoms with Gasteiger partial charge in [0.1, 0.15) is 5.70 Å². The van der Waals surface area contributed by atoms with E-state index in [4.69, 9.17) is 5.11 Å². The van der Waals surface area contributed by atoms with Crippen LogP contribution in [0.4, 0.5) is 0 Å². The van der Waals surface area contributed by atoms with E-state index in [-0.39, 0.29) is 5.70 Å². The Hall–Kier alpha value is -2.69. The van der Waals surface area contributed by atoms with Crippen LogP contribution in [0, 0.1) is 0 Å². The number of hydrogen-bond acceptors (Lipinski definition) is 3. The van der Waals surface area contributed by atoms with Gasteiger partial charge in [-0.1, -0.05) is 18.2 Å². The van der Waals surface area contributed by atoms with Crippen LogP contribution in [0.25, 0.3) is 17.0 Å². The number of carboxylic acid groups (broad SMARTS) is 1. The van der Waals surface area contributed by atoms with Crippen LogP contribution in [0.1, 0.15) is 12.5 Å². The molecule has 2 aromatic rings. The number of nitrogens with one attached hydrogen (secondary N) is 1. The lowest BCUT2D eigenvalue weighted by Gasteiger charge is -2.03. The van der Waals surface area contributed by atoms with Crippen molar-refractivity contribution in [1.82, 2.24) is 10.3 Å². The summed E-state index contributed by atoms with van der Waals surface area (Å²) >= 11 is 0. The van der Waals surface area contributed by atoms with E-state index in [0.29, 0.717) is 5.56 Å². The first kappa shape index (κ1) is 12.8. The summed E-state index contributed by atoms with van der Waals surface area (Å²) in [5.74, 6) is -1.61. The van der Waals surface area contributed by atoms with Crippen molar-refractivity contribution in [1.29, 1.82) is 0 Å². The Balaban J connectivity index is 2.42. The van der Waals surface area contributed by atoms with Gasteiger partial charge < -0.3 is 10.4 Å². The maximum atomic E-state index is 11.0. The molecule has 0 aliphatic heterocycles. The molecule has 19 heavy (non-hydrogen) atoms. The van der Waals surface area contributed by atoms with E-state index in [2.05, 4.69) is 10.3 Å². The predicted octanol–water partition coefficient (Wildman–Crippen LogP) is 1.80. The molecule has 0 aliphatic carbocycles. The maximum Gasteiger partial charge on any atom is 0.352 e. The average molecular weight is 256 g/mol. The predicted molar refractivity (Wildman–Crippen MR) is 71.2 cm³/mol. The highest BCUT2D eigenvalue weighted by atomic mass is 16.4. The number of fused-ring (bicyclic) bond motifs is 1. The number of hydrogen-bond donors (Lipinski definition) is 2. The lowest BCUT2D eigenvalue weighted by molar-refractivity contribution is -0.134.